The fourth-order valence-electron chi connectivity index (χ4n) is 1.16. The van der Waals surface area contributed by atoms with Crippen molar-refractivity contribution < 1.29 is 9.47 Å². The fourth-order valence-corrected chi connectivity index (χ4v) is 1.34. The lowest BCUT2D eigenvalue weighted by Gasteiger charge is -2.11. The molecule has 2 nitrogen and oxygen atoms in total. The second kappa shape index (κ2) is 3.56. The Morgan fingerprint density at radius 1 is 1.62 bits per heavy atom. The molecule has 0 aliphatic carbocycles. The Labute approximate surface area is 82.4 Å². The van der Waals surface area contributed by atoms with Crippen molar-refractivity contribution in [3.05, 3.63) is 29.3 Å². The molecule has 0 N–H and O–H groups in total. The predicted molar refractivity (Wildman–Crippen MR) is 51.3 cm³/mol. The molecule has 0 aromatic heterocycles. The second-order valence-corrected chi connectivity index (χ2v) is 3.59. The van der Waals surface area contributed by atoms with Gasteiger partial charge in [-0.1, -0.05) is 17.7 Å². The van der Waals surface area contributed by atoms with Crippen molar-refractivity contribution in [1.29, 1.82) is 0 Å². The monoisotopic (exact) mass is 198 g/mol. The Morgan fingerprint density at radius 2 is 2.38 bits per heavy atom. The molecule has 0 amide bonds. The Hall–Kier alpha value is -0.730. The quantitative estimate of drug-likeness (QED) is 0.697. The maximum Gasteiger partial charge on any atom is 0.124 e. The number of ether oxygens (including phenoxy) is 2. The highest BCUT2D eigenvalue weighted by Gasteiger charge is 2.30. The van der Waals surface area contributed by atoms with Crippen LogP contribution in [-0.4, -0.2) is 18.8 Å². The molecule has 13 heavy (non-hydrogen) atoms. The van der Waals surface area contributed by atoms with Crippen molar-refractivity contribution in [3.63, 3.8) is 0 Å². The van der Waals surface area contributed by atoms with Gasteiger partial charge in [0.2, 0.25) is 0 Å². The van der Waals surface area contributed by atoms with Crippen LogP contribution in [0.4, 0.5) is 0 Å². The molecule has 0 saturated carbocycles. The first kappa shape index (κ1) is 8.85. The first-order valence-electron chi connectivity index (χ1n) is 4.29. The van der Waals surface area contributed by atoms with E-state index < -0.39 is 0 Å². The van der Waals surface area contributed by atoms with Gasteiger partial charge in [0, 0.05) is 5.02 Å². The molecular formula is C10H11ClO2. The molecule has 1 heterocycles. The smallest absolute Gasteiger partial charge is 0.124 e. The number of hydrogen-bond acceptors (Lipinski definition) is 2. The molecule has 0 unspecified atom stereocenters. The summed E-state index contributed by atoms with van der Waals surface area (Å²) in [4.78, 5) is 0. The van der Waals surface area contributed by atoms with Gasteiger partial charge in [-0.3, -0.25) is 0 Å². The first-order chi connectivity index (χ1) is 6.25. The van der Waals surface area contributed by atoms with Gasteiger partial charge < -0.3 is 9.47 Å². The summed E-state index contributed by atoms with van der Waals surface area (Å²) in [7, 11) is 0. The summed E-state index contributed by atoms with van der Waals surface area (Å²) in [5.41, 5.74) is 0. The van der Waals surface area contributed by atoms with Crippen molar-refractivity contribution in [2.24, 2.45) is 0 Å². The molecule has 3 heteroatoms. The van der Waals surface area contributed by atoms with E-state index in [1.807, 2.05) is 25.1 Å². The molecule has 1 aromatic carbocycles. The highest BCUT2D eigenvalue weighted by molar-refractivity contribution is 6.30. The van der Waals surface area contributed by atoms with Gasteiger partial charge in [-0.25, -0.2) is 0 Å². The van der Waals surface area contributed by atoms with Crippen LogP contribution >= 0.6 is 11.6 Å². The molecule has 0 radical (unpaired) electrons. The zero-order valence-corrected chi connectivity index (χ0v) is 8.12. The highest BCUT2D eigenvalue weighted by atomic mass is 35.5. The van der Waals surface area contributed by atoms with E-state index in [-0.39, 0.29) is 12.2 Å². The van der Waals surface area contributed by atoms with Crippen LogP contribution in [0.5, 0.6) is 5.75 Å². The van der Waals surface area contributed by atoms with Gasteiger partial charge in [0.1, 0.15) is 18.0 Å². The molecule has 1 aliphatic heterocycles. The van der Waals surface area contributed by atoms with Crippen LogP contribution in [0, 0.1) is 0 Å². The standard InChI is InChI=1S/C10H11ClO2/c1-7(10-6-12-10)13-9-4-2-3-8(11)5-9/h2-5,7,10H,6H2,1H3/t7-,10-/m0/s1. The number of benzene rings is 1. The summed E-state index contributed by atoms with van der Waals surface area (Å²) in [5, 5.41) is 0.696. The van der Waals surface area contributed by atoms with Gasteiger partial charge in [0.15, 0.2) is 0 Å². The minimum Gasteiger partial charge on any atom is -0.488 e. The fraction of sp³-hybridized carbons (Fsp3) is 0.400. The summed E-state index contributed by atoms with van der Waals surface area (Å²) in [5.74, 6) is 0.801. The van der Waals surface area contributed by atoms with E-state index in [1.54, 1.807) is 6.07 Å². The van der Waals surface area contributed by atoms with Gasteiger partial charge >= 0.3 is 0 Å². The van der Waals surface area contributed by atoms with E-state index in [2.05, 4.69) is 0 Å². The largest absolute Gasteiger partial charge is 0.488 e. The molecule has 0 bridgehead atoms. The molecule has 1 aliphatic rings. The minimum absolute atomic E-state index is 0.110. The van der Waals surface area contributed by atoms with E-state index in [0.717, 1.165) is 12.4 Å². The summed E-state index contributed by atoms with van der Waals surface area (Å²) in [6, 6.07) is 7.40. The number of rotatable bonds is 3. The van der Waals surface area contributed by atoms with Gasteiger partial charge in [-0.2, -0.15) is 0 Å². The normalized spacial score (nSPS) is 22.5. The average molecular weight is 199 g/mol. The zero-order chi connectivity index (χ0) is 9.26. The Balaban J connectivity index is 2.00. The van der Waals surface area contributed by atoms with Crippen molar-refractivity contribution in [2.75, 3.05) is 6.61 Å². The van der Waals surface area contributed by atoms with Crippen LogP contribution in [0.3, 0.4) is 0 Å². The third-order valence-corrected chi connectivity index (χ3v) is 2.24. The van der Waals surface area contributed by atoms with E-state index in [1.165, 1.54) is 0 Å². The number of epoxide rings is 1. The first-order valence-corrected chi connectivity index (χ1v) is 4.67. The van der Waals surface area contributed by atoms with Crippen LogP contribution in [-0.2, 0) is 4.74 Å². The molecule has 0 spiro atoms. The zero-order valence-electron chi connectivity index (χ0n) is 7.37. The predicted octanol–water partition coefficient (Wildman–Crippen LogP) is 2.51. The number of halogens is 1. The lowest BCUT2D eigenvalue weighted by Crippen LogP contribution is -2.18. The minimum atomic E-state index is 0.110. The Morgan fingerprint density at radius 3 is 3.00 bits per heavy atom. The maximum absolute atomic E-state index is 5.81. The SMILES string of the molecule is C[C@H](Oc1cccc(Cl)c1)[C@@H]1CO1. The van der Waals surface area contributed by atoms with E-state index >= 15 is 0 Å². The van der Waals surface area contributed by atoms with Crippen LogP contribution in [0.2, 0.25) is 5.02 Å². The second-order valence-electron chi connectivity index (χ2n) is 3.15. The van der Waals surface area contributed by atoms with Crippen molar-refractivity contribution >= 4 is 11.6 Å². The van der Waals surface area contributed by atoms with E-state index in [9.17, 15) is 0 Å². The van der Waals surface area contributed by atoms with Crippen molar-refractivity contribution in [1.82, 2.24) is 0 Å². The highest BCUT2D eigenvalue weighted by Crippen LogP contribution is 2.22. The third kappa shape index (κ3) is 2.36. The molecule has 1 aromatic rings. The van der Waals surface area contributed by atoms with Crippen molar-refractivity contribution in [2.45, 2.75) is 19.1 Å². The lowest BCUT2D eigenvalue weighted by molar-refractivity contribution is 0.176. The van der Waals surface area contributed by atoms with Crippen LogP contribution in [0.25, 0.3) is 0 Å². The molecular weight excluding hydrogens is 188 g/mol. The molecule has 1 saturated heterocycles. The summed E-state index contributed by atoms with van der Waals surface area (Å²) in [6.45, 7) is 2.81. The average Bonchev–Trinajstić information content (AvgIpc) is 2.85. The van der Waals surface area contributed by atoms with Crippen LogP contribution in [0.15, 0.2) is 24.3 Å². The molecule has 2 atom stereocenters. The lowest BCUT2D eigenvalue weighted by atomic mass is 10.3. The van der Waals surface area contributed by atoms with Gasteiger partial charge in [-0.05, 0) is 25.1 Å². The number of hydrogen-bond donors (Lipinski definition) is 0. The van der Waals surface area contributed by atoms with Crippen molar-refractivity contribution in [3.8, 4) is 5.75 Å². The summed E-state index contributed by atoms with van der Waals surface area (Å²) in [6.07, 6.45) is 0.373. The van der Waals surface area contributed by atoms with E-state index in [4.69, 9.17) is 21.1 Å². The maximum atomic E-state index is 5.81. The van der Waals surface area contributed by atoms with Gasteiger partial charge in [-0.15, -0.1) is 0 Å². The van der Waals surface area contributed by atoms with Gasteiger partial charge in [0.05, 0.1) is 6.61 Å². The van der Waals surface area contributed by atoms with Crippen LogP contribution < -0.4 is 4.74 Å². The van der Waals surface area contributed by atoms with Crippen LogP contribution in [0.1, 0.15) is 6.92 Å². The summed E-state index contributed by atoms with van der Waals surface area (Å²) < 4.78 is 10.7. The molecule has 1 fully saturated rings. The summed E-state index contributed by atoms with van der Waals surface area (Å²) >= 11 is 5.81. The Kier molecular flexibility index (Phi) is 2.42. The topological polar surface area (TPSA) is 21.8 Å². The Bertz CT molecular complexity index is 297. The van der Waals surface area contributed by atoms with E-state index in [0.29, 0.717) is 5.02 Å². The molecule has 2 rings (SSSR count). The van der Waals surface area contributed by atoms with Gasteiger partial charge in [0.25, 0.3) is 0 Å². The molecule has 70 valence electrons. The third-order valence-electron chi connectivity index (χ3n) is 2.00.